The Morgan fingerprint density at radius 1 is 1.08 bits per heavy atom. The van der Waals surface area contributed by atoms with Gasteiger partial charge in [-0.1, -0.05) is 12.1 Å². The number of aromatic nitrogens is 1. The van der Waals surface area contributed by atoms with Crippen molar-refractivity contribution >= 4 is 17.6 Å². The van der Waals surface area contributed by atoms with Gasteiger partial charge in [0.25, 0.3) is 0 Å². The first-order chi connectivity index (χ1) is 12.2. The van der Waals surface area contributed by atoms with Crippen molar-refractivity contribution in [2.45, 2.75) is 6.61 Å². The summed E-state index contributed by atoms with van der Waals surface area (Å²) < 4.78 is 16.3. The number of thiazole rings is 1. The Hall–Kier alpha value is -2.86. The van der Waals surface area contributed by atoms with Crippen molar-refractivity contribution in [2.75, 3.05) is 14.2 Å². The molecule has 1 aromatic heterocycles. The third-order valence-corrected chi connectivity index (χ3v) is 4.51. The maximum absolute atomic E-state index is 10.9. The topological polar surface area (TPSA) is 57.7 Å². The lowest BCUT2D eigenvalue weighted by Gasteiger charge is -2.10. The van der Waals surface area contributed by atoms with Gasteiger partial charge in [0, 0.05) is 16.5 Å². The molecule has 0 saturated carbocycles. The van der Waals surface area contributed by atoms with E-state index in [0.29, 0.717) is 23.7 Å². The zero-order valence-electron chi connectivity index (χ0n) is 13.9. The summed E-state index contributed by atoms with van der Waals surface area (Å²) in [6.07, 6.45) is 0.774. The molecule has 0 fully saturated rings. The van der Waals surface area contributed by atoms with E-state index < -0.39 is 0 Å². The van der Waals surface area contributed by atoms with Crippen molar-refractivity contribution in [1.82, 2.24) is 4.98 Å². The summed E-state index contributed by atoms with van der Waals surface area (Å²) in [5, 5.41) is 2.84. The van der Waals surface area contributed by atoms with Crippen LogP contribution in [-0.4, -0.2) is 25.5 Å². The molecule has 0 N–H and O–H groups in total. The third-order valence-electron chi connectivity index (χ3n) is 3.57. The lowest BCUT2D eigenvalue weighted by atomic mass is 10.2. The number of hydrogen-bond acceptors (Lipinski definition) is 6. The first kappa shape index (κ1) is 17.0. The van der Waals surface area contributed by atoms with Gasteiger partial charge in [0.15, 0.2) is 11.5 Å². The molecule has 0 radical (unpaired) electrons. The lowest BCUT2D eigenvalue weighted by molar-refractivity contribution is 0.112. The Labute approximate surface area is 149 Å². The van der Waals surface area contributed by atoms with Gasteiger partial charge in [-0.3, -0.25) is 4.79 Å². The van der Waals surface area contributed by atoms with Crippen LogP contribution in [-0.2, 0) is 6.61 Å². The first-order valence-electron chi connectivity index (χ1n) is 7.58. The van der Waals surface area contributed by atoms with Gasteiger partial charge in [0.05, 0.1) is 19.9 Å². The van der Waals surface area contributed by atoms with Crippen molar-refractivity contribution in [2.24, 2.45) is 0 Å². The number of rotatable bonds is 7. The van der Waals surface area contributed by atoms with Crippen LogP contribution in [0.2, 0.25) is 0 Å². The number of nitrogens with zero attached hydrogens (tertiary/aromatic N) is 1. The molecule has 128 valence electrons. The Morgan fingerprint density at radius 2 is 1.96 bits per heavy atom. The maximum Gasteiger partial charge on any atom is 0.162 e. The highest BCUT2D eigenvalue weighted by Gasteiger charge is 2.09. The van der Waals surface area contributed by atoms with Crippen LogP contribution < -0.4 is 14.2 Å². The predicted octanol–water partition coefficient (Wildman–Crippen LogP) is 4.22. The summed E-state index contributed by atoms with van der Waals surface area (Å²) in [7, 11) is 3.20. The molecule has 0 aliphatic carbocycles. The number of methoxy groups -OCH3 is 2. The maximum atomic E-state index is 10.9. The van der Waals surface area contributed by atoms with Crippen molar-refractivity contribution in [3.63, 3.8) is 0 Å². The molecular formula is C19H17NO4S. The fourth-order valence-corrected chi connectivity index (χ4v) is 3.09. The summed E-state index contributed by atoms with van der Waals surface area (Å²) in [4.78, 5) is 15.5. The van der Waals surface area contributed by atoms with Crippen LogP contribution in [0, 0.1) is 0 Å². The number of ether oxygens (including phenoxy) is 3. The molecular weight excluding hydrogens is 338 g/mol. The minimum atomic E-state index is 0.291. The van der Waals surface area contributed by atoms with Gasteiger partial charge in [-0.2, -0.15) is 0 Å². The Morgan fingerprint density at radius 3 is 2.72 bits per heavy atom. The lowest BCUT2D eigenvalue weighted by Crippen LogP contribution is -1.99. The molecule has 0 spiro atoms. The number of aldehydes is 1. The Kier molecular flexibility index (Phi) is 5.30. The SMILES string of the molecule is COc1cccc(-c2nc(COc3cc(C=O)ccc3OC)cs2)c1. The molecule has 0 bridgehead atoms. The second-order valence-corrected chi connectivity index (χ2v) is 6.05. The van der Waals surface area contributed by atoms with E-state index in [2.05, 4.69) is 4.98 Å². The molecule has 3 rings (SSSR count). The van der Waals surface area contributed by atoms with Crippen LogP contribution in [0.4, 0.5) is 0 Å². The quantitative estimate of drug-likeness (QED) is 0.594. The number of carbonyl (C=O) groups is 1. The molecule has 0 saturated heterocycles. The van der Waals surface area contributed by atoms with Gasteiger partial charge < -0.3 is 14.2 Å². The van der Waals surface area contributed by atoms with E-state index in [4.69, 9.17) is 14.2 Å². The average molecular weight is 355 g/mol. The first-order valence-corrected chi connectivity index (χ1v) is 8.46. The van der Waals surface area contributed by atoms with E-state index in [9.17, 15) is 4.79 Å². The van der Waals surface area contributed by atoms with Crippen LogP contribution in [0.5, 0.6) is 17.2 Å². The van der Waals surface area contributed by atoms with Crippen LogP contribution in [0.15, 0.2) is 47.8 Å². The molecule has 25 heavy (non-hydrogen) atoms. The summed E-state index contributed by atoms with van der Waals surface area (Å²) in [6.45, 7) is 0.291. The smallest absolute Gasteiger partial charge is 0.162 e. The standard InChI is InChI=1S/C19H17NO4S/c1-22-16-5-3-4-14(9-16)19-20-15(12-25-19)11-24-18-8-13(10-21)6-7-17(18)23-2/h3-10,12H,11H2,1-2H3. The van der Waals surface area contributed by atoms with Gasteiger partial charge in [-0.15, -0.1) is 11.3 Å². The minimum Gasteiger partial charge on any atom is -0.497 e. The summed E-state index contributed by atoms with van der Waals surface area (Å²) in [5.74, 6) is 1.89. The Balaban J connectivity index is 1.75. The van der Waals surface area contributed by atoms with Crippen LogP contribution >= 0.6 is 11.3 Å². The second-order valence-electron chi connectivity index (χ2n) is 5.19. The fraction of sp³-hybridized carbons (Fsp3) is 0.158. The third kappa shape index (κ3) is 3.97. The largest absolute Gasteiger partial charge is 0.497 e. The molecule has 0 aliphatic rings. The van der Waals surface area contributed by atoms with Gasteiger partial charge in [-0.25, -0.2) is 4.98 Å². The zero-order valence-corrected chi connectivity index (χ0v) is 14.7. The molecule has 0 amide bonds. The van der Waals surface area contributed by atoms with E-state index >= 15 is 0 Å². The van der Waals surface area contributed by atoms with E-state index in [1.807, 2.05) is 29.6 Å². The number of hydrogen-bond donors (Lipinski definition) is 0. The summed E-state index contributed by atoms with van der Waals surface area (Å²) in [6, 6.07) is 12.8. The monoisotopic (exact) mass is 355 g/mol. The van der Waals surface area contributed by atoms with Crippen LogP contribution in [0.3, 0.4) is 0 Å². The minimum absolute atomic E-state index is 0.291. The van der Waals surface area contributed by atoms with Gasteiger partial charge in [0.2, 0.25) is 0 Å². The number of carbonyl (C=O) groups excluding carboxylic acids is 1. The Bertz CT molecular complexity index is 875. The van der Waals surface area contributed by atoms with Crippen molar-refractivity contribution in [1.29, 1.82) is 0 Å². The van der Waals surface area contributed by atoms with Gasteiger partial charge >= 0.3 is 0 Å². The number of benzene rings is 2. The summed E-state index contributed by atoms with van der Waals surface area (Å²) >= 11 is 1.54. The van der Waals surface area contributed by atoms with Crippen LogP contribution in [0.1, 0.15) is 16.1 Å². The molecule has 1 heterocycles. The molecule has 3 aromatic rings. The van der Waals surface area contributed by atoms with E-state index in [0.717, 1.165) is 28.3 Å². The van der Waals surface area contributed by atoms with Crippen molar-refractivity contribution < 1.29 is 19.0 Å². The molecule has 6 heteroatoms. The van der Waals surface area contributed by atoms with Crippen molar-refractivity contribution in [3.05, 3.63) is 59.1 Å². The fourth-order valence-electron chi connectivity index (χ4n) is 2.29. The van der Waals surface area contributed by atoms with Crippen LogP contribution in [0.25, 0.3) is 10.6 Å². The van der Waals surface area contributed by atoms with Crippen molar-refractivity contribution in [3.8, 4) is 27.8 Å². The van der Waals surface area contributed by atoms with Gasteiger partial charge in [0.1, 0.15) is 23.7 Å². The predicted molar refractivity (Wildman–Crippen MR) is 96.8 cm³/mol. The molecule has 2 aromatic carbocycles. The average Bonchev–Trinajstić information content (AvgIpc) is 3.15. The van der Waals surface area contributed by atoms with E-state index in [-0.39, 0.29) is 0 Å². The van der Waals surface area contributed by atoms with E-state index in [1.54, 1.807) is 43.8 Å². The second kappa shape index (κ2) is 7.81. The highest BCUT2D eigenvalue weighted by molar-refractivity contribution is 7.13. The normalized spacial score (nSPS) is 10.3. The molecule has 0 unspecified atom stereocenters. The summed E-state index contributed by atoms with van der Waals surface area (Å²) in [5.41, 5.74) is 2.34. The zero-order chi connectivity index (χ0) is 17.6. The van der Waals surface area contributed by atoms with E-state index in [1.165, 1.54) is 0 Å². The molecule has 5 nitrogen and oxygen atoms in total. The molecule has 0 atom stereocenters. The molecule has 0 aliphatic heterocycles. The highest BCUT2D eigenvalue weighted by atomic mass is 32.1. The van der Waals surface area contributed by atoms with Gasteiger partial charge in [-0.05, 0) is 30.3 Å². The highest BCUT2D eigenvalue weighted by Crippen LogP contribution is 2.30.